The molecule has 1 rings (SSSR count). The first-order chi connectivity index (χ1) is 7.41. The summed E-state index contributed by atoms with van der Waals surface area (Å²) in [6, 6.07) is 0. The van der Waals surface area contributed by atoms with Crippen molar-refractivity contribution in [1.82, 2.24) is 14.8 Å². The first-order valence-electron chi connectivity index (χ1n) is 4.11. The molecular formula is C8H8F3N3OS. The maximum absolute atomic E-state index is 12.4. The summed E-state index contributed by atoms with van der Waals surface area (Å²) in [5.41, 5.74) is -2.71. The number of allylic oxidation sites excluding steroid dienone is 1. The van der Waals surface area contributed by atoms with E-state index in [1.165, 1.54) is 6.08 Å². The van der Waals surface area contributed by atoms with Crippen LogP contribution in [-0.2, 0) is 12.7 Å². The Balaban J connectivity index is 3.44. The van der Waals surface area contributed by atoms with E-state index < -0.39 is 17.4 Å². The second kappa shape index (κ2) is 4.69. The first kappa shape index (κ1) is 12.8. The van der Waals surface area contributed by atoms with E-state index in [4.69, 9.17) is 0 Å². The molecule has 0 aliphatic heterocycles. The van der Waals surface area contributed by atoms with Gasteiger partial charge in [-0.1, -0.05) is 17.8 Å². The van der Waals surface area contributed by atoms with Gasteiger partial charge in [-0.3, -0.25) is 9.36 Å². The van der Waals surface area contributed by atoms with E-state index in [2.05, 4.69) is 16.8 Å². The molecule has 0 amide bonds. The summed E-state index contributed by atoms with van der Waals surface area (Å²) < 4.78 is 38.0. The van der Waals surface area contributed by atoms with Crippen LogP contribution < -0.4 is 5.56 Å². The number of aromatic nitrogens is 3. The summed E-state index contributed by atoms with van der Waals surface area (Å²) in [4.78, 5) is 11.5. The van der Waals surface area contributed by atoms with Gasteiger partial charge in [0.25, 0.3) is 5.56 Å². The van der Waals surface area contributed by atoms with Crippen molar-refractivity contribution in [2.24, 2.45) is 0 Å². The van der Waals surface area contributed by atoms with Crippen LogP contribution in [0.1, 0.15) is 5.69 Å². The Morgan fingerprint density at radius 2 is 2.12 bits per heavy atom. The van der Waals surface area contributed by atoms with Gasteiger partial charge in [0.05, 0.1) is 0 Å². The molecule has 1 heterocycles. The van der Waals surface area contributed by atoms with Crippen molar-refractivity contribution in [3.63, 3.8) is 0 Å². The van der Waals surface area contributed by atoms with E-state index in [0.29, 0.717) is 0 Å². The Bertz CT molecular complexity index is 455. The van der Waals surface area contributed by atoms with Crippen molar-refractivity contribution in [2.45, 2.75) is 17.9 Å². The quantitative estimate of drug-likeness (QED) is 0.604. The Labute approximate surface area is 93.2 Å². The molecule has 0 saturated carbocycles. The number of thioether (sulfide) groups is 1. The molecule has 1 aromatic rings. The normalized spacial score (nSPS) is 11.5. The van der Waals surface area contributed by atoms with Crippen LogP contribution in [0.25, 0.3) is 0 Å². The molecule has 0 aromatic carbocycles. The summed E-state index contributed by atoms with van der Waals surface area (Å²) in [5.74, 6) is 0. The number of alkyl halides is 3. The minimum absolute atomic E-state index is 0.0341. The zero-order valence-corrected chi connectivity index (χ0v) is 9.10. The van der Waals surface area contributed by atoms with Crippen molar-refractivity contribution in [2.75, 3.05) is 6.26 Å². The van der Waals surface area contributed by atoms with Gasteiger partial charge in [0.15, 0.2) is 5.16 Å². The predicted molar refractivity (Wildman–Crippen MR) is 53.3 cm³/mol. The van der Waals surface area contributed by atoms with Crippen LogP contribution in [-0.4, -0.2) is 21.0 Å². The lowest BCUT2D eigenvalue weighted by molar-refractivity contribution is -0.143. The van der Waals surface area contributed by atoms with Crippen LogP contribution in [0.2, 0.25) is 0 Å². The van der Waals surface area contributed by atoms with E-state index in [-0.39, 0.29) is 11.7 Å². The maximum Gasteiger partial charge on any atom is 0.440 e. The van der Waals surface area contributed by atoms with Crippen molar-refractivity contribution >= 4 is 11.8 Å². The molecule has 0 bridgehead atoms. The summed E-state index contributed by atoms with van der Waals surface area (Å²) in [7, 11) is 0. The van der Waals surface area contributed by atoms with Crippen LogP contribution in [0, 0.1) is 0 Å². The maximum atomic E-state index is 12.4. The van der Waals surface area contributed by atoms with E-state index in [9.17, 15) is 18.0 Å². The molecule has 8 heteroatoms. The second-order valence-corrected chi connectivity index (χ2v) is 3.51. The minimum Gasteiger partial charge on any atom is -0.280 e. The summed E-state index contributed by atoms with van der Waals surface area (Å²) in [6.45, 7) is 3.33. The molecule has 0 saturated heterocycles. The van der Waals surface area contributed by atoms with Gasteiger partial charge in [0, 0.05) is 6.54 Å². The molecule has 88 valence electrons. The molecule has 0 radical (unpaired) electrons. The van der Waals surface area contributed by atoms with E-state index in [1.54, 1.807) is 6.26 Å². The van der Waals surface area contributed by atoms with Gasteiger partial charge in [-0.25, -0.2) is 0 Å². The lowest BCUT2D eigenvalue weighted by atomic mass is 10.4. The average molecular weight is 251 g/mol. The molecular weight excluding hydrogens is 243 g/mol. The van der Waals surface area contributed by atoms with Crippen LogP contribution in [0.3, 0.4) is 0 Å². The van der Waals surface area contributed by atoms with Crippen LogP contribution in [0.5, 0.6) is 0 Å². The highest BCUT2D eigenvalue weighted by Gasteiger charge is 2.37. The van der Waals surface area contributed by atoms with Gasteiger partial charge in [0.1, 0.15) is 0 Å². The van der Waals surface area contributed by atoms with Gasteiger partial charge >= 0.3 is 6.18 Å². The molecule has 16 heavy (non-hydrogen) atoms. The third-order valence-corrected chi connectivity index (χ3v) is 2.34. The topological polar surface area (TPSA) is 47.8 Å². The van der Waals surface area contributed by atoms with E-state index in [0.717, 1.165) is 16.3 Å². The molecule has 0 unspecified atom stereocenters. The van der Waals surface area contributed by atoms with Crippen molar-refractivity contribution in [3.8, 4) is 0 Å². The number of hydrogen-bond acceptors (Lipinski definition) is 4. The Kier molecular flexibility index (Phi) is 3.74. The molecule has 0 aliphatic carbocycles. The summed E-state index contributed by atoms with van der Waals surface area (Å²) in [5, 5.41) is 6.37. The number of halogens is 3. The molecule has 0 aliphatic rings. The SMILES string of the molecule is C=CCn1c(SC)nnc(C(F)(F)F)c1=O. The van der Waals surface area contributed by atoms with Crippen molar-refractivity contribution < 1.29 is 13.2 Å². The third-order valence-electron chi connectivity index (χ3n) is 1.68. The molecule has 0 atom stereocenters. The third kappa shape index (κ3) is 2.43. The predicted octanol–water partition coefficient (Wildman–Crippen LogP) is 1.56. The molecule has 4 nitrogen and oxygen atoms in total. The average Bonchev–Trinajstić information content (AvgIpc) is 2.19. The highest BCUT2D eigenvalue weighted by atomic mass is 32.2. The van der Waals surface area contributed by atoms with Gasteiger partial charge in [0.2, 0.25) is 5.69 Å². The molecule has 0 fully saturated rings. The highest BCUT2D eigenvalue weighted by Crippen LogP contribution is 2.24. The van der Waals surface area contributed by atoms with Crippen LogP contribution in [0.15, 0.2) is 22.6 Å². The van der Waals surface area contributed by atoms with Gasteiger partial charge in [-0.05, 0) is 6.26 Å². The standard InChI is InChI=1S/C8H8F3N3OS/c1-3-4-14-6(15)5(8(9,10)11)12-13-7(14)16-2/h3H,1,4H2,2H3. The number of hydrogen-bond donors (Lipinski definition) is 0. The Morgan fingerprint density at radius 3 is 2.56 bits per heavy atom. The molecule has 0 spiro atoms. The fourth-order valence-corrected chi connectivity index (χ4v) is 1.52. The largest absolute Gasteiger partial charge is 0.440 e. The number of rotatable bonds is 3. The van der Waals surface area contributed by atoms with Gasteiger partial charge < -0.3 is 0 Å². The monoisotopic (exact) mass is 251 g/mol. The lowest BCUT2D eigenvalue weighted by Gasteiger charge is -2.10. The minimum atomic E-state index is -4.79. The first-order valence-corrected chi connectivity index (χ1v) is 5.34. The lowest BCUT2D eigenvalue weighted by Crippen LogP contribution is -2.32. The molecule has 0 N–H and O–H groups in total. The van der Waals surface area contributed by atoms with Crippen LogP contribution in [0.4, 0.5) is 13.2 Å². The Hall–Kier alpha value is -1.31. The smallest absolute Gasteiger partial charge is 0.280 e. The second-order valence-electron chi connectivity index (χ2n) is 2.74. The summed E-state index contributed by atoms with van der Waals surface area (Å²) in [6.07, 6.45) is -1.87. The fraction of sp³-hybridized carbons (Fsp3) is 0.375. The zero-order chi connectivity index (χ0) is 12.3. The van der Waals surface area contributed by atoms with E-state index >= 15 is 0 Å². The van der Waals surface area contributed by atoms with Gasteiger partial charge in [-0.2, -0.15) is 13.2 Å². The van der Waals surface area contributed by atoms with Crippen molar-refractivity contribution in [1.29, 1.82) is 0 Å². The van der Waals surface area contributed by atoms with Crippen LogP contribution >= 0.6 is 11.8 Å². The fourth-order valence-electron chi connectivity index (χ4n) is 1.02. The van der Waals surface area contributed by atoms with E-state index in [1.807, 2.05) is 0 Å². The molecule has 1 aromatic heterocycles. The summed E-state index contributed by atoms with van der Waals surface area (Å²) >= 11 is 1.04. The highest BCUT2D eigenvalue weighted by molar-refractivity contribution is 7.98. The zero-order valence-electron chi connectivity index (χ0n) is 8.28. The number of nitrogens with zero attached hydrogens (tertiary/aromatic N) is 3. The Morgan fingerprint density at radius 1 is 1.50 bits per heavy atom. The van der Waals surface area contributed by atoms with Gasteiger partial charge in [-0.15, -0.1) is 16.8 Å². The van der Waals surface area contributed by atoms with Crippen molar-refractivity contribution in [3.05, 3.63) is 28.7 Å².